The maximum Gasteiger partial charge on any atom is 0.325 e. The molecule has 0 aromatic carbocycles. The van der Waals surface area contributed by atoms with Crippen LogP contribution in [0.2, 0.25) is 0 Å². The average Bonchev–Trinajstić information content (AvgIpc) is 2.91. The second-order valence-corrected chi connectivity index (χ2v) is 3.46. The molecule has 1 aliphatic rings. The van der Waals surface area contributed by atoms with Gasteiger partial charge in [-0.1, -0.05) is 0 Å². The van der Waals surface area contributed by atoms with E-state index in [-0.39, 0.29) is 19.8 Å². The van der Waals surface area contributed by atoms with Crippen molar-refractivity contribution < 1.29 is 29.0 Å². The van der Waals surface area contributed by atoms with Crippen molar-refractivity contribution >= 4 is 17.9 Å². The van der Waals surface area contributed by atoms with Gasteiger partial charge in [-0.05, 0) is 13.8 Å². The summed E-state index contributed by atoms with van der Waals surface area (Å²) in [6.07, 6.45) is 0. The third-order valence-electron chi connectivity index (χ3n) is 2.30. The van der Waals surface area contributed by atoms with Crippen molar-refractivity contribution in [2.45, 2.75) is 25.9 Å². The molecular weight excluding hydrogens is 230 g/mol. The minimum Gasteiger partial charge on any atom is -0.480 e. The largest absolute Gasteiger partial charge is 0.480 e. The van der Waals surface area contributed by atoms with Crippen molar-refractivity contribution in [3.05, 3.63) is 0 Å². The molecule has 1 saturated heterocycles. The Bertz CT molecular complexity index is 305. The number of carboxylic acid groups (broad SMARTS) is 1. The van der Waals surface area contributed by atoms with E-state index in [1.807, 2.05) is 0 Å². The highest BCUT2D eigenvalue weighted by atomic mass is 16.5. The standard InChI is InChI=1S/C10H15NO6/c1-3-16-9(14)7-8(10(15)17-4-2)11(7)5-6(12)13/h7-8H,3-5H2,1-2H3,(H,12,13)/t7-,8-/m0/s1. The van der Waals surface area contributed by atoms with Gasteiger partial charge in [0.2, 0.25) is 0 Å². The molecule has 0 amide bonds. The number of carbonyl (C=O) groups is 3. The molecule has 0 spiro atoms. The molecule has 1 fully saturated rings. The summed E-state index contributed by atoms with van der Waals surface area (Å²) in [6, 6.07) is -1.66. The minimum atomic E-state index is -1.11. The van der Waals surface area contributed by atoms with Gasteiger partial charge in [0.05, 0.1) is 19.8 Å². The highest BCUT2D eigenvalue weighted by Gasteiger charge is 2.59. The van der Waals surface area contributed by atoms with Crippen LogP contribution in [0.25, 0.3) is 0 Å². The maximum absolute atomic E-state index is 11.5. The Kier molecular flexibility index (Phi) is 4.45. The van der Waals surface area contributed by atoms with Gasteiger partial charge in [0, 0.05) is 0 Å². The number of carbonyl (C=O) groups excluding carboxylic acids is 2. The van der Waals surface area contributed by atoms with Crippen LogP contribution in [0.3, 0.4) is 0 Å². The Labute approximate surface area is 98.3 Å². The van der Waals surface area contributed by atoms with Crippen LogP contribution in [-0.2, 0) is 23.9 Å². The zero-order valence-corrected chi connectivity index (χ0v) is 9.71. The normalized spacial score (nSPS) is 26.1. The highest BCUT2D eigenvalue weighted by molar-refractivity contribution is 5.94. The Morgan fingerprint density at radius 3 is 1.76 bits per heavy atom. The van der Waals surface area contributed by atoms with Crippen molar-refractivity contribution in [3.8, 4) is 0 Å². The molecule has 17 heavy (non-hydrogen) atoms. The fourth-order valence-electron chi connectivity index (χ4n) is 1.61. The molecular formula is C10H15NO6. The molecule has 0 aromatic rings. The molecule has 0 unspecified atom stereocenters. The van der Waals surface area contributed by atoms with Crippen LogP contribution in [0.5, 0.6) is 0 Å². The zero-order valence-electron chi connectivity index (χ0n) is 9.71. The first-order valence-corrected chi connectivity index (χ1v) is 5.33. The predicted octanol–water partition coefficient (Wildman–Crippen LogP) is -0.750. The van der Waals surface area contributed by atoms with Crippen molar-refractivity contribution in [1.82, 2.24) is 4.90 Å². The number of hydrogen-bond acceptors (Lipinski definition) is 6. The first-order valence-electron chi connectivity index (χ1n) is 5.33. The maximum atomic E-state index is 11.5. The topological polar surface area (TPSA) is 92.9 Å². The lowest BCUT2D eigenvalue weighted by Crippen LogP contribution is -2.20. The molecule has 0 aliphatic carbocycles. The smallest absolute Gasteiger partial charge is 0.325 e. The second kappa shape index (κ2) is 5.62. The van der Waals surface area contributed by atoms with Crippen LogP contribution >= 0.6 is 0 Å². The molecule has 1 N–H and O–H groups in total. The van der Waals surface area contributed by atoms with E-state index in [9.17, 15) is 14.4 Å². The monoisotopic (exact) mass is 245 g/mol. The van der Waals surface area contributed by atoms with Gasteiger partial charge in [-0.3, -0.25) is 19.3 Å². The van der Waals surface area contributed by atoms with Gasteiger partial charge >= 0.3 is 17.9 Å². The summed E-state index contributed by atoms with van der Waals surface area (Å²) in [5.74, 6) is -2.29. The van der Waals surface area contributed by atoms with E-state index in [1.54, 1.807) is 13.8 Å². The average molecular weight is 245 g/mol. The number of esters is 2. The molecule has 96 valence electrons. The number of rotatable bonds is 6. The third kappa shape index (κ3) is 3.16. The number of aliphatic carboxylic acids is 1. The van der Waals surface area contributed by atoms with E-state index in [1.165, 1.54) is 4.90 Å². The van der Waals surface area contributed by atoms with Crippen molar-refractivity contribution in [3.63, 3.8) is 0 Å². The van der Waals surface area contributed by atoms with Crippen molar-refractivity contribution in [2.24, 2.45) is 0 Å². The quantitative estimate of drug-likeness (QED) is 0.486. The summed E-state index contributed by atoms with van der Waals surface area (Å²) in [6.45, 7) is 3.27. The van der Waals surface area contributed by atoms with Crippen LogP contribution in [0.15, 0.2) is 0 Å². The SMILES string of the molecule is CCOC(=O)[C@@H]1[C@@H](C(=O)OCC)N1CC(=O)O. The van der Waals surface area contributed by atoms with Gasteiger partial charge in [-0.25, -0.2) is 0 Å². The van der Waals surface area contributed by atoms with E-state index in [0.29, 0.717) is 0 Å². The summed E-state index contributed by atoms with van der Waals surface area (Å²) in [4.78, 5) is 34.7. The molecule has 1 rings (SSSR count). The van der Waals surface area contributed by atoms with E-state index in [0.717, 1.165) is 0 Å². The summed E-state index contributed by atoms with van der Waals surface area (Å²) in [5, 5.41) is 8.64. The van der Waals surface area contributed by atoms with Gasteiger partial charge < -0.3 is 14.6 Å². The Balaban J connectivity index is 2.63. The van der Waals surface area contributed by atoms with Gasteiger partial charge in [-0.15, -0.1) is 0 Å². The van der Waals surface area contributed by atoms with Gasteiger partial charge in [0.1, 0.15) is 12.1 Å². The summed E-state index contributed by atoms with van der Waals surface area (Å²) in [5.41, 5.74) is 0. The minimum absolute atomic E-state index is 0.186. The first kappa shape index (κ1) is 13.4. The molecule has 1 heterocycles. The Morgan fingerprint density at radius 2 is 1.47 bits per heavy atom. The van der Waals surface area contributed by atoms with Crippen LogP contribution in [0.1, 0.15) is 13.8 Å². The van der Waals surface area contributed by atoms with Gasteiger partial charge in [0.25, 0.3) is 0 Å². The summed E-state index contributed by atoms with van der Waals surface area (Å²) >= 11 is 0. The number of hydrogen-bond donors (Lipinski definition) is 1. The Morgan fingerprint density at radius 1 is 1.06 bits per heavy atom. The van der Waals surface area contributed by atoms with E-state index in [4.69, 9.17) is 14.6 Å². The van der Waals surface area contributed by atoms with Crippen LogP contribution in [-0.4, -0.2) is 59.8 Å². The lowest BCUT2D eigenvalue weighted by Gasteiger charge is -1.99. The van der Waals surface area contributed by atoms with Crippen LogP contribution in [0.4, 0.5) is 0 Å². The number of ether oxygens (including phenoxy) is 2. The zero-order chi connectivity index (χ0) is 13.0. The molecule has 7 nitrogen and oxygen atoms in total. The fraction of sp³-hybridized carbons (Fsp3) is 0.700. The second-order valence-electron chi connectivity index (χ2n) is 3.46. The Hall–Kier alpha value is -1.63. The fourth-order valence-corrected chi connectivity index (χ4v) is 1.61. The molecule has 0 radical (unpaired) electrons. The number of carboxylic acids is 1. The summed E-state index contributed by atoms with van der Waals surface area (Å²) in [7, 11) is 0. The molecule has 1 aliphatic heterocycles. The van der Waals surface area contributed by atoms with Crippen LogP contribution < -0.4 is 0 Å². The first-order chi connectivity index (χ1) is 8.02. The third-order valence-corrected chi connectivity index (χ3v) is 2.30. The molecule has 0 saturated carbocycles. The van der Waals surface area contributed by atoms with Gasteiger partial charge in [-0.2, -0.15) is 0 Å². The van der Waals surface area contributed by atoms with Crippen molar-refractivity contribution in [2.75, 3.05) is 19.8 Å². The lowest BCUT2D eigenvalue weighted by atomic mass is 10.3. The van der Waals surface area contributed by atoms with Crippen molar-refractivity contribution in [1.29, 1.82) is 0 Å². The van der Waals surface area contributed by atoms with E-state index in [2.05, 4.69) is 0 Å². The van der Waals surface area contributed by atoms with Gasteiger partial charge in [0.15, 0.2) is 0 Å². The molecule has 7 heteroatoms. The highest BCUT2D eigenvalue weighted by Crippen LogP contribution is 2.30. The molecule has 0 bridgehead atoms. The van der Waals surface area contributed by atoms with Crippen LogP contribution in [0, 0.1) is 0 Å². The summed E-state index contributed by atoms with van der Waals surface area (Å²) < 4.78 is 9.51. The molecule has 0 aromatic heterocycles. The van der Waals surface area contributed by atoms with E-state index >= 15 is 0 Å². The molecule has 2 atom stereocenters. The number of nitrogens with zero attached hydrogens (tertiary/aromatic N) is 1. The van der Waals surface area contributed by atoms with E-state index < -0.39 is 30.0 Å². The lowest BCUT2D eigenvalue weighted by molar-refractivity contribution is -0.147. The predicted molar refractivity (Wildman–Crippen MR) is 55.2 cm³/mol.